The van der Waals surface area contributed by atoms with E-state index in [1.165, 1.54) is 15.3 Å². The second kappa shape index (κ2) is 7.43. The molecule has 0 saturated carbocycles. The Bertz CT molecular complexity index is 607. The Hall–Kier alpha value is -0.840. The Labute approximate surface area is 139 Å². The summed E-state index contributed by atoms with van der Waals surface area (Å²) in [4.78, 5) is 2.70. The molecule has 4 heteroatoms. The molecule has 1 heterocycles. The monoisotopic (exact) mass is 367 g/mol. The van der Waals surface area contributed by atoms with Gasteiger partial charge in [-0.1, -0.05) is 35.8 Å². The van der Waals surface area contributed by atoms with Crippen LogP contribution in [0.4, 0.5) is 0 Å². The first-order valence-corrected chi connectivity index (χ1v) is 8.77. The van der Waals surface area contributed by atoms with Crippen LogP contribution in [0.25, 0.3) is 0 Å². The molecule has 114 valence electrons. The van der Waals surface area contributed by atoms with Crippen LogP contribution in [0.5, 0.6) is 5.75 Å². The summed E-state index contributed by atoms with van der Waals surface area (Å²) in [5.74, 6) is 0.942. The molecule has 1 aromatic heterocycles. The van der Waals surface area contributed by atoms with Gasteiger partial charge < -0.3 is 10.1 Å². The number of hydrogen-bond donors (Lipinski definition) is 1. The fourth-order valence-electron chi connectivity index (χ4n) is 2.01. The molecule has 0 bridgehead atoms. The van der Waals surface area contributed by atoms with Crippen molar-refractivity contribution in [1.82, 2.24) is 5.32 Å². The summed E-state index contributed by atoms with van der Waals surface area (Å²) >= 11 is 5.34. The Morgan fingerprint density at radius 3 is 2.71 bits per heavy atom. The van der Waals surface area contributed by atoms with Gasteiger partial charge in [0, 0.05) is 32.4 Å². The van der Waals surface area contributed by atoms with E-state index in [0.29, 0.717) is 12.6 Å². The third-order valence-corrected chi connectivity index (χ3v) is 4.88. The van der Waals surface area contributed by atoms with Crippen LogP contribution in [-0.4, -0.2) is 6.04 Å². The van der Waals surface area contributed by atoms with Gasteiger partial charge in [-0.25, -0.2) is 0 Å². The van der Waals surface area contributed by atoms with Crippen molar-refractivity contribution in [2.75, 3.05) is 0 Å². The van der Waals surface area contributed by atoms with E-state index in [-0.39, 0.29) is 0 Å². The van der Waals surface area contributed by atoms with E-state index in [4.69, 9.17) is 4.74 Å². The van der Waals surface area contributed by atoms with Crippen molar-refractivity contribution in [3.8, 4) is 5.75 Å². The van der Waals surface area contributed by atoms with Crippen molar-refractivity contribution in [2.45, 2.75) is 46.9 Å². The van der Waals surface area contributed by atoms with Crippen molar-refractivity contribution in [1.29, 1.82) is 0 Å². The van der Waals surface area contributed by atoms with Crippen LogP contribution in [0.15, 0.2) is 28.7 Å². The second-order valence-electron chi connectivity index (χ2n) is 5.53. The van der Waals surface area contributed by atoms with Gasteiger partial charge in [-0.2, -0.15) is 0 Å². The average molecular weight is 368 g/mol. The Balaban J connectivity index is 2.01. The Morgan fingerprint density at radius 2 is 2.00 bits per heavy atom. The maximum Gasteiger partial charge on any atom is 0.123 e. The van der Waals surface area contributed by atoms with Gasteiger partial charge in [-0.15, -0.1) is 11.3 Å². The molecule has 0 aliphatic rings. The largest absolute Gasteiger partial charge is 0.489 e. The molecular formula is C17H22BrNOS. The molecule has 1 aromatic carbocycles. The number of halogens is 1. The second-order valence-corrected chi connectivity index (χ2v) is 7.78. The summed E-state index contributed by atoms with van der Waals surface area (Å²) in [7, 11) is 0. The predicted molar refractivity (Wildman–Crippen MR) is 94.2 cm³/mol. The van der Waals surface area contributed by atoms with Crippen LogP contribution in [0.2, 0.25) is 0 Å². The summed E-state index contributed by atoms with van der Waals surface area (Å²) in [5, 5.41) is 3.46. The van der Waals surface area contributed by atoms with Gasteiger partial charge >= 0.3 is 0 Å². The molecule has 0 aliphatic heterocycles. The number of aryl methyl sites for hydroxylation is 2. The minimum Gasteiger partial charge on any atom is -0.489 e. The van der Waals surface area contributed by atoms with Gasteiger partial charge in [0.05, 0.1) is 0 Å². The quantitative estimate of drug-likeness (QED) is 0.756. The van der Waals surface area contributed by atoms with Gasteiger partial charge in [0.25, 0.3) is 0 Å². The maximum atomic E-state index is 5.98. The summed E-state index contributed by atoms with van der Waals surface area (Å²) in [6, 6.07) is 8.89. The molecule has 0 radical (unpaired) electrons. The number of ether oxygens (including phenoxy) is 1. The zero-order valence-electron chi connectivity index (χ0n) is 13.0. The van der Waals surface area contributed by atoms with Crippen LogP contribution >= 0.6 is 27.3 Å². The van der Waals surface area contributed by atoms with Gasteiger partial charge in [0.15, 0.2) is 0 Å². The highest BCUT2D eigenvalue weighted by Gasteiger charge is 2.08. The molecule has 0 amide bonds. The highest BCUT2D eigenvalue weighted by Crippen LogP contribution is 2.26. The number of thiophene rings is 1. The van der Waals surface area contributed by atoms with Crippen molar-refractivity contribution in [3.63, 3.8) is 0 Å². The SMILES string of the molecule is Cc1ccc(Br)cc1OCc1cc(CNC(C)C)sc1C. The summed E-state index contributed by atoms with van der Waals surface area (Å²) < 4.78 is 7.03. The van der Waals surface area contributed by atoms with E-state index in [1.807, 2.05) is 23.5 Å². The first-order valence-electron chi connectivity index (χ1n) is 7.16. The van der Waals surface area contributed by atoms with Crippen molar-refractivity contribution < 1.29 is 4.74 Å². The first-order chi connectivity index (χ1) is 9.95. The van der Waals surface area contributed by atoms with Crippen molar-refractivity contribution in [2.24, 2.45) is 0 Å². The van der Waals surface area contributed by atoms with E-state index in [1.54, 1.807) is 0 Å². The Morgan fingerprint density at radius 1 is 1.24 bits per heavy atom. The third-order valence-electron chi connectivity index (χ3n) is 3.29. The minimum atomic E-state index is 0.511. The van der Waals surface area contributed by atoms with Crippen LogP contribution < -0.4 is 10.1 Å². The molecule has 0 atom stereocenters. The average Bonchev–Trinajstić information content (AvgIpc) is 2.78. The number of benzene rings is 1. The Kier molecular flexibility index (Phi) is 5.85. The lowest BCUT2D eigenvalue weighted by molar-refractivity contribution is 0.303. The van der Waals surface area contributed by atoms with Crippen LogP contribution in [0, 0.1) is 13.8 Å². The first kappa shape index (κ1) is 16.5. The van der Waals surface area contributed by atoms with Crippen molar-refractivity contribution >= 4 is 27.3 Å². The molecule has 0 fully saturated rings. The number of rotatable bonds is 6. The predicted octanol–water partition coefficient (Wildman–Crippen LogP) is 5.20. The fourth-order valence-corrected chi connectivity index (χ4v) is 3.35. The third kappa shape index (κ3) is 4.83. The lowest BCUT2D eigenvalue weighted by Gasteiger charge is -2.09. The summed E-state index contributed by atoms with van der Waals surface area (Å²) in [6.45, 7) is 10.1. The van der Waals surface area contributed by atoms with Gasteiger partial charge in [-0.05, 0) is 37.6 Å². The minimum absolute atomic E-state index is 0.511. The lowest BCUT2D eigenvalue weighted by atomic mass is 10.2. The van der Waals surface area contributed by atoms with Crippen LogP contribution in [0.1, 0.15) is 34.7 Å². The summed E-state index contributed by atoms with van der Waals surface area (Å²) in [6.07, 6.45) is 0. The standard InChI is InChI=1S/C17H22BrNOS/c1-11(2)19-9-16-7-14(13(4)21-16)10-20-17-8-15(18)6-5-12(17)3/h5-8,11,19H,9-10H2,1-4H3. The zero-order chi connectivity index (χ0) is 15.4. The lowest BCUT2D eigenvalue weighted by Crippen LogP contribution is -2.21. The molecule has 1 N–H and O–H groups in total. The smallest absolute Gasteiger partial charge is 0.123 e. The highest BCUT2D eigenvalue weighted by atomic mass is 79.9. The highest BCUT2D eigenvalue weighted by molar-refractivity contribution is 9.10. The van der Waals surface area contributed by atoms with E-state index in [2.05, 4.69) is 61.1 Å². The van der Waals surface area contributed by atoms with Crippen LogP contribution in [-0.2, 0) is 13.2 Å². The molecule has 2 nitrogen and oxygen atoms in total. The molecular weight excluding hydrogens is 346 g/mol. The molecule has 0 aliphatic carbocycles. The van der Waals surface area contributed by atoms with Gasteiger partial charge in [-0.3, -0.25) is 0 Å². The maximum absolute atomic E-state index is 5.98. The fraction of sp³-hybridized carbons (Fsp3) is 0.412. The van der Waals surface area contributed by atoms with E-state index in [0.717, 1.165) is 22.3 Å². The van der Waals surface area contributed by atoms with E-state index < -0.39 is 0 Å². The number of nitrogens with one attached hydrogen (secondary N) is 1. The normalized spacial score (nSPS) is 11.1. The summed E-state index contributed by atoms with van der Waals surface area (Å²) in [5.41, 5.74) is 2.44. The zero-order valence-corrected chi connectivity index (χ0v) is 15.4. The molecule has 2 aromatic rings. The van der Waals surface area contributed by atoms with E-state index in [9.17, 15) is 0 Å². The van der Waals surface area contributed by atoms with Gasteiger partial charge in [0.1, 0.15) is 12.4 Å². The molecule has 21 heavy (non-hydrogen) atoms. The van der Waals surface area contributed by atoms with Crippen LogP contribution in [0.3, 0.4) is 0 Å². The molecule has 0 unspecified atom stereocenters. The molecule has 0 spiro atoms. The topological polar surface area (TPSA) is 21.3 Å². The van der Waals surface area contributed by atoms with Crippen molar-refractivity contribution in [3.05, 3.63) is 49.6 Å². The van der Waals surface area contributed by atoms with Gasteiger partial charge in [0.2, 0.25) is 0 Å². The number of hydrogen-bond acceptors (Lipinski definition) is 3. The molecule has 0 saturated heterocycles. The van der Waals surface area contributed by atoms with E-state index >= 15 is 0 Å². The molecule has 2 rings (SSSR count).